The van der Waals surface area contributed by atoms with E-state index in [1.54, 1.807) is 0 Å². The minimum absolute atomic E-state index is 0.00690. The van der Waals surface area contributed by atoms with Gasteiger partial charge in [0.1, 0.15) is 17.1 Å². The number of rotatable bonds is 4. The number of carbonyl (C=O) groups is 1. The zero-order chi connectivity index (χ0) is 19.7. The molecule has 1 amide bonds. The molecule has 0 bridgehead atoms. The summed E-state index contributed by atoms with van der Waals surface area (Å²) in [5, 5.41) is 3.12. The summed E-state index contributed by atoms with van der Waals surface area (Å²) >= 11 is 0. The summed E-state index contributed by atoms with van der Waals surface area (Å²) < 4.78 is 11.9. The van der Waals surface area contributed by atoms with Crippen LogP contribution in [0.15, 0.2) is 48.5 Å². The quantitative estimate of drug-likeness (QED) is 0.846. The summed E-state index contributed by atoms with van der Waals surface area (Å²) in [5.41, 5.74) is 1.73. The van der Waals surface area contributed by atoms with Crippen molar-refractivity contribution in [2.24, 2.45) is 0 Å². The molecular formula is C23H29NO3. The number of nitrogens with one attached hydrogen (secondary N) is 1. The van der Waals surface area contributed by atoms with Gasteiger partial charge in [0.2, 0.25) is 0 Å². The van der Waals surface area contributed by atoms with E-state index in [1.165, 1.54) is 0 Å². The summed E-state index contributed by atoms with van der Waals surface area (Å²) in [5.74, 6) is 1.46. The Morgan fingerprint density at radius 1 is 1.15 bits per heavy atom. The van der Waals surface area contributed by atoms with Gasteiger partial charge in [-0.25, -0.2) is 0 Å². The molecule has 1 N–H and O–H groups in total. The van der Waals surface area contributed by atoms with E-state index in [2.05, 4.69) is 26.1 Å². The lowest BCUT2D eigenvalue weighted by atomic mass is 9.86. The van der Waals surface area contributed by atoms with Gasteiger partial charge in [-0.15, -0.1) is 0 Å². The van der Waals surface area contributed by atoms with Crippen LogP contribution in [0.1, 0.15) is 58.2 Å². The van der Waals surface area contributed by atoms with Crippen molar-refractivity contribution in [1.82, 2.24) is 5.32 Å². The largest absolute Gasteiger partial charge is 0.487 e. The van der Waals surface area contributed by atoms with Crippen LogP contribution < -0.4 is 14.8 Å². The van der Waals surface area contributed by atoms with Gasteiger partial charge in [0, 0.05) is 12.0 Å². The molecule has 1 heterocycles. The van der Waals surface area contributed by atoms with E-state index >= 15 is 0 Å². The molecule has 2 aromatic rings. The van der Waals surface area contributed by atoms with Crippen molar-refractivity contribution in [2.75, 3.05) is 6.61 Å². The van der Waals surface area contributed by atoms with Crippen LogP contribution in [0, 0.1) is 0 Å². The topological polar surface area (TPSA) is 47.6 Å². The first-order valence-electron chi connectivity index (χ1n) is 9.45. The Morgan fingerprint density at radius 2 is 1.81 bits per heavy atom. The van der Waals surface area contributed by atoms with E-state index < -0.39 is 0 Å². The molecule has 0 aliphatic carbocycles. The SMILES string of the molecule is CC1(C)CC(NC(=O)COc2ccccc2C(C)(C)C)c2ccccc2O1. The van der Waals surface area contributed by atoms with Crippen molar-refractivity contribution in [1.29, 1.82) is 0 Å². The number of carbonyl (C=O) groups excluding carboxylic acids is 1. The summed E-state index contributed by atoms with van der Waals surface area (Å²) in [6, 6.07) is 15.7. The Kier molecular flexibility index (Phi) is 5.18. The van der Waals surface area contributed by atoms with E-state index in [0.29, 0.717) is 6.42 Å². The molecule has 144 valence electrons. The zero-order valence-corrected chi connectivity index (χ0v) is 16.8. The lowest BCUT2D eigenvalue weighted by Gasteiger charge is -2.37. The predicted octanol–water partition coefficient (Wildman–Crippen LogP) is 4.78. The molecule has 0 aromatic heterocycles. The number of hydrogen-bond acceptors (Lipinski definition) is 3. The highest BCUT2D eigenvalue weighted by molar-refractivity contribution is 5.78. The molecule has 1 aliphatic rings. The van der Waals surface area contributed by atoms with Crippen LogP contribution in [-0.2, 0) is 10.2 Å². The van der Waals surface area contributed by atoms with E-state index in [0.717, 1.165) is 22.6 Å². The Morgan fingerprint density at radius 3 is 2.56 bits per heavy atom. The Hall–Kier alpha value is -2.49. The maximum Gasteiger partial charge on any atom is 0.258 e. The fourth-order valence-corrected chi connectivity index (χ4v) is 3.52. The number of para-hydroxylation sites is 2. The van der Waals surface area contributed by atoms with Crippen LogP contribution >= 0.6 is 0 Å². The minimum atomic E-state index is -0.327. The summed E-state index contributed by atoms with van der Waals surface area (Å²) in [6.45, 7) is 10.5. The molecule has 3 rings (SSSR count). The van der Waals surface area contributed by atoms with Gasteiger partial charge in [-0.05, 0) is 37.0 Å². The molecule has 4 nitrogen and oxygen atoms in total. The van der Waals surface area contributed by atoms with Crippen molar-refractivity contribution < 1.29 is 14.3 Å². The number of amides is 1. The molecular weight excluding hydrogens is 338 g/mol. The molecule has 4 heteroatoms. The van der Waals surface area contributed by atoms with Crippen molar-refractivity contribution in [2.45, 2.75) is 58.1 Å². The third kappa shape index (κ3) is 4.62. The van der Waals surface area contributed by atoms with Gasteiger partial charge >= 0.3 is 0 Å². The van der Waals surface area contributed by atoms with Gasteiger partial charge in [0.05, 0.1) is 6.04 Å². The first-order chi connectivity index (χ1) is 12.7. The standard InChI is InChI=1S/C23H29NO3/c1-22(2,3)17-11-7-9-13-20(17)26-15-21(25)24-18-14-23(4,5)27-19-12-8-6-10-16(18)19/h6-13,18H,14-15H2,1-5H3,(H,24,25). The first kappa shape index (κ1) is 19.3. The fraction of sp³-hybridized carbons (Fsp3) is 0.435. The molecule has 1 atom stereocenters. The maximum absolute atomic E-state index is 12.6. The van der Waals surface area contributed by atoms with Gasteiger partial charge in [-0.1, -0.05) is 57.2 Å². The summed E-state index contributed by atoms with van der Waals surface area (Å²) in [6.07, 6.45) is 0.717. The maximum atomic E-state index is 12.6. The van der Waals surface area contributed by atoms with Crippen molar-refractivity contribution in [3.63, 3.8) is 0 Å². The van der Waals surface area contributed by atoms with Crippen LogP contribution in [-0.4, -0.2) is 18.1 Å². The molecule has 0 fully saturated rings. The zero-order valence-electron chi connectivity index (χ0n) is 16.8. The lowest BCUT2D eigenvalue weighted by molar-refractivity contribution is -0.124. The predicted molar refractivity (Wildman–Crippen MR) is 107 cm³/mol. The molecule has 1 unspecified atom stereocenters. The van der Waals surface area contributed by atoms with Gasteiger partial charge < -0.3 is 14.8 Å². The van der Waals surface area contributed by atoms with Gasteiger partial charge in [0.25, 0.3) is 5.91 Å². The summed E-state index contributed by atoms with van der Waals surface area (Å²) in [4.78, 5) is 12.6. The van der Waals surface area contributed by atoms with Crippen LogP contribution in [0.5, 0.6) is 11.5 Å². The third-order valence-electron chi connectivity index (χ3n) is 4.77. The minimum Gasteiger partial charge on any atom is -0.487 e. The summed E-state index contributed by atoms with van der Waals surface area (Å²) in [7, 11) is 0. The van der Waals surface area contributed by atoms with Crippen LogP contribution in [0.3, 0.4) is 0 Å². The number of hydrogen-bond donors (Lipinski definition) is 1. The van der Waals surface area contributed by atoms with Crippen molar-refractivity contribution in [3.05, 3.63) is 59.7 Å². The van der Waals surface area contributed by atoms with Crippen molar-refractivity contribution in [3.8, 4) is 11.5 Å². The normalized spacial score (nSPS) is 18.2. The van der Waals surface area contributed by atoms with E-state index in [4.69, 9.17) is 9.47 Å². The monoisotopic (exact) mass is 367 g/mol. The second kappa shape index (κ2) is 7.26. The van der Waals surface area contributed by atoms with E-state index in [-0.39, 0.29) is 29.6 Å². The second-order valence-corrected chi connectivity index (χ2v) is 8.76. The van der Waals surface area contributed by atoms with E-state index in [1.807, 2.05) is 62.4 Å². The number of fused-ring (bicyclic) bond motifs is 1. The molecule has 1 aliphatic heterocycles. The lowest BCUT2D eigenvalue weighted by Crippen LogP contribution is -2.42. The van der Waals surface area contributed by atoms with Crippen LogP contribution in [0.4, 0.5) is 0 Å². The Balaban J connectivity index is 1.69. The molecule has 27 heavy (non-hydrogen) atoms. The smallest absolute Gasteiger partial charge is 0.258 e. The molecule has 0 radical (unpaired) electrons. The molecule has 0 spiro atoms. The van der Waals surface area contributed by atoms with Crippen LogP contribution in [0.25, 0.3) is 0 Å². The highest BCUT2D eigenvalue weighted by Gasteiger charge is 2.34. The van der Waals surface area contributed by atoms with Gasteiger partial charge in [-0.2, -0.15) is 0 Å². The number of ether oxygens (including phenoxy) is 2. The van der Waals surface area contributed by atoms with Crippen molar-refractivity contribution >= 4 is 5.91 Å². The van der Waals surface area contributed by atoms with E-state index in [9.17, 15) is 4.79 Å². The second-order valence-electron chi connectivity index (χ2n) is 8.76. The Bertz CT molecular complexity index is 820. The van der Waals surface area contributed by atoms with Gasteiger partial charge in [-0.3, -0.25) is 4.79 Å². The van der Waals surface area contributed by atoms with Crippen LogP contribution in [0.2, 0.25) is 0 Å². The first-order valence-corrected chi connectivity index (χ1v) is 9.45. The third-order valence-corrected chi connectivity index (χ3v) is 4.77. The average Bonchev–Trinajstić information content (AvgIpc) is 2.58. The molecule has 0 saturated heterocycles. The Labute approximate surface area is 161 Å². The van der Waals surface area contributed by atoms with Gasteiger partial charge in [0.15, 0.2) is 6.61 Å². The molecule has 0 saturated carbocycles. The molecule has 2 aromatic carbocycles. The average molecular weight is 367 g/mol. The fourth-order valence-electron chi connectivity index (χ4n) is 3.52. The highest BCUT2D eigenvalue weighted by atomic mass is 16.5. The number of benzene rings is 2. The highest BCUT2D eigenvalue weighted by Crippen LogP contribution is 2.39.